The Kier molecular flexibility index (Phi) is 2.76. The number of hydrogen-bond acceptors (Lipinski definition) is 0. The van der Waals surface area contributed by atoms with Gasteiger partial charge in [0.15, 0.2) is 0 Å². The number of para-hydroxylation sites is 2. The lowest BCUT2D eigenvalue weighted by Crippen LogP contribution is -1.83. The third-order valence-electron chi connectivity index (χ3n) is 4.36. The van der Waals surface area contributed by atoms with Gasteiger partial charge in [0, 0.05) is 21.5 Å². The molecule has 3 aromatic carbocycles. The van der Waals surface area contributed by atoms with Gasteiger partial charge in [-0.3, -0.25) is 5.56 Å². The largest absolute Gasteiger partial charge is 0.280 e. The van der Waals surface area contributed by atoms with Gasteiger partial charge in [-0.05, 0) is 12.1 Å². The van der Waals surface area contributed by atoms with Gasteiger partial charge in [0.2, 0.25) is 0 Å². The van der Waals surface area contributed by atoms with Gasteiger partial charge in [0.1, 0.15) is 0 Å². The van der Waals surface area contributed by atoms with Crippen LogP contribution in [0.4, 0.5) is 0 Å². The summed E-state index contributed by atoms with van der Waals surface area (Å²) in [5.74, 6) is 0. The molecule has 0 atom stereocenters. The topological polar surface area (TPSA) is 9.86 Å². The van der Waals surface area contributed by atoms with Crippen molar-refractivity contribution in [2.24, 2.45) is 0 Å². The molecule has 106 valence electrons. The zero-order valence-corrected chi connectivity index (χ0v) is 15.7. The molecule has 0 saturated carbocycles. The highest BCUT2D eigenvalue weighted by Gasteiger charge is 2.17. The molecule has 0 saturated heterocycles. The van der Waals surface area contributed by atoms with E-state index < -0.39 is 0 Å². The predicted molar refractivity (Wildman–Crippen MR) is 111 cm³/mol. The van der Waals surface area contributed by atoms with E-state index in [4.69, 9.17) is 0 Å². The first-order valence-electron chi connectivity index (χ1n) is 7.05. The highest BCUT2D eigenvalue weighted by atomic mass is 127. The number of nitrogens with zero attached hydrogens (tertiary/aromatic N) is 2. The second-order valence-electron chi connectivity index (χ2n) is 5.45. The van der Waals surface area contributed by atoms with E-state index in [1.165, 1.54) is 43.6 Å². The molecule has 2 heterocycles. The highest BCUT2D eigenvalue weighted by molar-refractivity contribution is 14.1. The minimum absolute atomic E-state index is 1.27. The first-order valence-corrected chi connectivity index (χ1v) is 8.98. The van der Waals surface area contributed by atoms with Crippen LogP contribution in [0.1, 0.15) is 0 Å². The van der Waals surface area contributed by atoms with Crippen LogP contribution in [0.15, 0.2) is 60.7 Å². The fourth-order valence-corrected chi connectivity index (χ4v) is 5.22. The van der Waals surface area contributed by atoms with E-state index in [0.29, 0.717) is 0 Å². The van der Waals surface area contributed by atoms with Crippen molar-refractivity contribution in [3.05, 3.63) is 60.7 Å². The molecule has 2 nitrogen and oxygen atoms in total. The molecule has 0 aliphatic carbocycles. The number of rotatable bonds is 0. The van der Waals surface area contributed by atoms with Crippen LogP contribution in [0.3, 0.4) is 0 Å². The third kappa shape index (κ3) is 1.54. The van der Waals surface area contributed by atoms with Crippen LogP contribution >= 0.6 is 45.7 Å². The standard InChI is InChI=1S/C18H10I2N2/c19-21-15-7-3-1-5-11(15)13-9-10-14-12-6-2-4-8-16(12)22(20)18(14)17(13)21/h1-10H. The van der Waals surface area contributed by atoms with Crippen LogP contribution in [0.5, 0.6) is 0 Å². The van der Waals surface area contributed by atoms with E-state index in [2.05, 4.69) is 112 Å². The Morgan fingerprint density at radius 3 is 1.36 bits per heavy atom. The van der Waals surface area contributed by atoms with Crippen molar-refractivity contribution >= 4 is 89.3 Å². The van der Waals surface area contributed by atoms with Crippen LogP contribution in [-0.4, -0.2) is 5.56 Å². The lowest BCUT2D eigenvalue weighted by molar-refractivity contribution is 1.46. The summed E-state index contributed by atoms with van der Waals surface area (Å²) in [5, 5.41) is 5.27. The van der Waals surface area contributed by atoms with Crippen LogP contribution in [0.25, 0.3) is 43.6 Å². The van der Waals surface area contributed by atoms with Crippen LogP contribution in [0.2, 0.25) is 0 Å². The maximum absolute atomic E-state index is 2.42. The number of hydrogen-bond donors (Lipinski definition) is 0. The van der Waals surface area contributed by atoms with Gasteiger partial charge in [-0.2, -0.15) is 0 Å². The predicted octanol–water partition coefficient (Wildman–Crippen LogP) is 6.30. The molecule has 0 unspecified atom stereocenters. The second-order valence-corrected chi connectivity index (χ2v) is 7.38. The zero-order valence-electron chi connectivity index (χ0n) is 11.4. The molecule has 0 amide bonds. The number of fused-ring (bicyclic) bond motifs is 7. The van der Waals surface area contributed by atoms with Gasteiger partial charge in [0.25, 0.3) is 0 Å². The lowest BCUT2D eigenvalue weighted by atomic mass is 10.1. The molecule has 5 rings (SSSR count). The number of aromatic nitrogens is 2. The molecular formula is C18H10I2N2. The van der Waals surface area contributed by atoms with Crippen molar-refractivity contribution in [1.82, 2.24) is 5.56 Å². The molecule has 5 aromatic rings. The van der Waals surface area contributed by atoms with Gasteiger partial charge in [0.05, 0.1) is 67.8 Å². The van der Waals surface area contributed by atoms with Gasteiger partial charge < -0.3 is 0 Å². The Morgan fingerprint density at radius 2 is 0.909 bits per heavy atom. The summed E-state index contributed by atoms with van der Waals surface area (Å²) in [7, 11) is 0. The summed E-state index contributed by atoms with van der Waals surface area (Å²) >= 11 is 4.84. The van der Waals surface area contributed by atoms with E-state index >= 15 is 0 Å². The van der Waals surface area contributed by atoms with Crippen molar-refractivity contribution in [3.63, 3.8) is 0 Å². The molecule has 2 aromatic heterocycles. The first kappa shape index (κ1) is 13.2. The fraction of sp³-hybridized carbons (Fsp3) is 0. The molecule has 0 spiro atoms. The minimum Gasteiger partial charge on any atom is -0.280 e. The van der Waals surface area contributed by atoms with Crippen molar-refractivity contribution in [3.8, 4) is 0 Å². The minimum atomic E-state index is 1.27. The van der Waals surface area contributed by atoms with Crippen LogP contribution < -0.4 is 0 Å². The summed E-state index contributed by atoms with van der Waals surface area (Å²) in [5.41, 5.74) is 5.13. The monoisotopic (exact) mass is 508 g/mol. The summed E-state index contributed by atoms with van der Waals surface area (Å²) in [6.07, 6.45) is 0. The Balaban J connectivity index is 2.18. The SMILES string of the molecule is In1c2ccccc2c2ccc3c4ccccc4n(I)c3c21. The first-order chi connectivity index (χ1) is 10.8. The molecular weight excluding hydrogens is 498 g/mol. The third-order valence-corrected chi connectivity index (χ3v) is 6.36. The Bertz CT molecular complexity index is 1100. The van der Waals surface area contributed by atoms with E-state index in [1.807, 2.05) is 0 Å². The number of benzene rings is 3. The van der Waals surface area contributed by atoms with Crippen molar-refractivity contribution < 1.29 is 0 Å². The average Bonchev–Trinajstić information content (AvgIpc) is 3.02. The quantitative estimate of drug-likeness (QED) is 0.218. The Labute approximate surface area is 154 Å². The molecule has 0 aliphatic heterocycles. The smallest absolute Gasteiger partial charge is 0.0840 e. The number of halogens is 2. The van der Waals surface area contributed by atoms with Crippen molar-refractivity contribution in [2.45, 2.75) is 0 Å². The Hall–Kier alpha value is -1.28. The van der Waals surface area contributed by atoms with Crippen molar-refractivity contribution in [2.75, 3.05) is 0 Å². The average molecular weight is 508 g/mol. The molecule has 0 aliphatic rings. The van der Waals surface area contributed by atoms with Gasteiger partial charge in [-0.1, -0.05) is 48.5 Å². The molecule has 22 heavy (non-hydrogen) atoms. The second kappa shape index (κ2) is 4.61. The Morgan fingerprint density at radius 1 is 0.500 bits per heavy atom. The summed E-state index contributed by atoms with van der Waals surface area (Å²) < 4.78 is 4.58. The molecule has 0 bridgehead atoms. The van der Waals surface area contributed by atoms with Crippen LogP contribution in [-0.2, 0) is 0 Å². The fourth-order valence-electron chi connectivity index (χ4n) is 3.40. The van der Waals surface area contributed by atoms with E-state index in [9.17, 15) is 0 Å². The maximum Gasteiger partial charge on any atom is 0.0840 e. The van der Waals surface area contributed by atoms with E-state index in [-0.39, 0.29) is 0 Å². The molecule has 0 radical (unpaired) electrons. The highest BCUT2D eigenvalue weighted by Crippen LogP contribution is 2.40. The summed E-state index contributed by atoms with van der Waals surface area (Å²) in [4.78, 5) is 0. The summed E-state index contributed by atoms with van der Waals surface area (Å²) in [6, 6.07) is 21.8. The van der Waals surface area contributed by atoms with Crippen molar-refractivity contribution in [1.29, 1.82) is 0 Å². The lowest BCUT2D eigenvalue weighted by Gasteiger charge is -2.00. The van der Waals surface area contributed by atoms with Gasteiger partial charge in [-0.15, -0.1) is 0 Å². The van der Waals surface area contributed by atoms with E-state index in [1.54, 1.807) is 0 Å². The normalized spacial score (nSPS) is 12.1. The van der Waals surface area contributed by atoms with Gasteiger partial charge >= 0.3 is 0 Å². The molecule has 0 fully saturated rings. The van der Waals surface area contributed by atoms with Crippen LogP contribution in [0, 0.1) is 0 Å². The van der Waals surface area contributed by atoms with E-state index in [0.717, 1.165) is 0 Å². The molecule has 4 heteroatoms. The van der Waals surface area contributed by atoms with Gasteiger partial charge in [-0.25, -0.2) is 0 Å². The maximum atomic E-state index is 2.42. The summed E-state index contributed by atoms with van der Waals surface area (Å²) in [6.45, 7) is 0. The molecule has 0 N–H and O–H groups in total. The zero-order chi connectivity index (χ0) is 14.8.